The summed E-state index contributed by atoms with van der Waals surface area (Å²) in [5.41, 5.74) is 5.88. The number of amides is 1. The summed E-state index contributed by atoms with van der Waals surface area (Å²) < 4.78 is 0. The van der Waals surface area contributed by atoms with E-state index >= 15 is 0 Å². The fraction of sp³-hybridized carbons (Fsp3) is 0.350. The molecule has 0 unspecified atom stereocenters. The molecule has 0 radical (unpaired) electrons. The van der Waals surface area contributed by atoms with Crippen LogP contribution in [0.2, 0.25) is 0 Å². The molecule has 0 spiro atoms. The number of hydrogen-bond donors (Lipinski definition) is 1. The highest BCUT2D eigenvalue weighted by Gasteiger charge is 2.15. The van der Waals surface area contributed by atoms with Crippen LogP contribution in [0.25, 0.3) is 0 Å². The molecule has 2 aromatic carbocycles. The van der Waals surface area contributed by atoms with Crippen molar-refractivity contribution in [3.8, 4) is 0 Å². The molecule has 2 aromatic rings. The van der Waals surface area contributed by atoms with E-state index in [2.05, 4.69) is 40.5 Å². The molecule has 120 valence electrons. The summed E-state index contributed by atoms with van der Waals surface area (Å²) in [7, 11) is 0. The molecule has 0 aromatic heterocycles. The zero-order valence-corrected chi connectivity index (χ0v) is 13.9. The molecule has 3 heteroatoms. The Bertz CT molecular complexity index is 709. The Morgan fingerprint density at radius 1 is 1.13 bits per heavy atom. The lowest BCUT2D eigenvalue weighted by molar-refractivity contribution is 0.0946. The smallest absolute Gasteiger partial charge is 0.251 e. The Kier molecular flexibility index (Phi) is 4.77. The maximum atomic E-state index is 12.3. The molecule has 0 atom stereocenters. The van der Waals surface area contributed by atoms with Crippen LogP contribution in [0.3, 0.4) is 0 Å². The van der Waals surface area contributed by atoms with Crippen molar-refractivity contribution in [3.63, 3.8) is 0 Å². The quantitative estimate of drug-likeness (QED) is 0.941. The van der Waals surface area contributed by atoms with Gasteiger partial charge in [0.05, 0.1) is 0 Å². The second kappa shape index (κ2) is 6.97. The van der Waals surface area contributed by atoms with E-state index in [1.807, 2.05) is 26.0 Å². The van der Waals surface area contributed by atoms with Gasteiger partial charge in [-0.1, -0.05) is 42.0 Å². The normalized spacial score (nSPS) is 14.3. The number of aryl methyl sites for hydroxylation is 2. The van der Waals surface area contributed by atoms with E-state index in [4.69, 9.17) is 0 Å². The van der Waals surface area contributed by atoms with Crippen LogP contribution in [0.4, 0.5) is 0 Å². The molecule has 0 saturated heterocycles. The van der Waals surface area contributed by atoms with Crippen LogP contribution in [-0.2, 0) is 13.0 Å². The lowest BCUT2D eigenvalue weighted by Crippen LogP contribution is -2.38. The topological polar surface area (TPSA) is 32.3 Å². The number of hydrogen-bond acceptors (Lipinski definition) is 2. The third kappa shape index (κ3) is 3.80. The van der Waals surface area contributed by atoms with E-state index in [9.17, 15) is 4.79 Å². The fourth-order valence-electron chi connectivity index (χ4n) is 3.24. The van der Waals surface area contributed by atoms with Gasteiger partial charge in [-0.3, -0.25) is 9.69 Å². The number of carbonyl (C=O) groups excluding carboxylic acids is 1. The Labute approximate surface area is 138 Å². The summed E-state index contributed by atoms with van der Waals surface area (Å²) in [6.45, 7) is 7.66. The SMILES string of the molecule is Cc1ccc(C(=O)NCCN2CCc3ccccc3C2)c(C)c1. The Balaban J connectivity index is 1.51. The summed E-state index contributed by atoms with van der Waals surface area (Å²) in [6.07, 6.45) is 1.10. The van der Waals surface area contributed by atoms with E-state index < -0.39 is 0 Å². The van der Waals surface area contributed by atoms with Gasteiger partial charge in [-0.2, -0.15) is 0 Å². The molecule has 3 rings (SSSR count). The van der Waals surface area contributed by atoms with Crippen LogP contribution in [0.5, 0.6) is 0 Å². The average molecular weight is 308 g/mol. The summed E-state index contributed by atoms with van der Waals surface area (Å²) in [4.78, 5) is 14.7. The minimum atomic E-state index is 0.0277. The summed E-state index contributed by atoms with van der Waals surface area (Å²) in [5, 5.41) is 3.05. The second-order valence-electron chi connectivity index (χ2n) is 6.37. The standard InChI is InChI=1S/C20H24N2O/c1-15-7-8-19(16(2)13-15)20(23)21-10-12-22-11-9-17-5-3-4-6-18(17)14-22/h3-8,13H,9-12,14H2,1-2H3,(H,21,23). The van der Waals surface area contributed by atoms with Gasteiger partial charge in [0, 0.05) is 31.7 Å². The molecular weight excluding hydrogens is 284 g/mol. The van der Waals surface area contributed by atoms with Crippen LogP contribution in [-0.4, -0.2) is 30.4 Å². The van der Waals surface area contributed by atoms with E-state index in [1.54, 1.807) is 0 Å². The van der Waals surface area contributed by atoms with Crippen molar-refractivity contribution in [2.75, 3.05) is 19.6 Å². The first-order valence-corrected chi connectivity index (χ1v) is 8.28. The van der Waals surface area contributed by atoms with Crippen molar-refractivity contribution in [1.82, 2.24) is 10.2 Å². The van der Waals surface area contributed by atoms with Crippen molar-refractivity contribution in [2.24, 2.45) is 0 Å². The van der Waals surface area contributed by atoms with E-state index in [-0.39, 0.29) is 5.91 Å². The van der Waals surface area contributed by atoms with Gasteiger partial charge in [-0.15, -0.1) is 0 Å². The molecule has 3 nitrogen and oxygen atoms in total. The highest BCUT2D eigenvalue weighted by molar-refractivity contribution is 5.95. The minimum absolute atomic E-state index is 0.0277. The van der Waals surface area contributed by atoms with Gasteiger partial charge >= 0.3 is 0 Å². The predicted molar refractivity (Wildman–Crippen MR) is 93.7 cm³/mol. The van der Waals surface area contributed by atoms with Crippen LogP contribution in [0, 0.1) is 13.8 Å². The van der Waals surface area contributed by atoms with Gasteiger partial charge in [0.25, 0.3) is 5.91 Å². The van der Waals surface area contributed by atoms with Gasteiger partial charge in [0.15, 0.2) is 0 Å². The van der Waals surface area contributed by atoms with Gasteiger partial charge < -0.3 is 5.32 Å². The van der Waals surface area contributed by atoms with Gasteiger partial charge in [0.1, 0.15) is 0 Å². The third-order valence-electron chi connectivity index (χ3n) is 4.55. The van der Waals surface area contributed by atoms with Gasteiger partial charge in [-0.05, 0) is 43.0 Å². The monoisotopic (exact) mass is 308 g/mol. The average Bonchev–Trinajstić information content (AvgIpc) is 2.54. The molecule has 1 aliphatic rings. The van der Waals surface area contributed by atoms with Crippen LogP contribution in [0.15, 0.2) is 42.5 Å². The number of nitrogens with zero attached hydrogens (tertiary/aromatic N) is 1. The summed E-state index contributed by atoms with van der Waals surface area (Å²) in [6, 6.07) is 14.6. The Morgan fingerprint density at radius 3 is 2.70 bits per heavy atom. The van der Waals surface area contributed by atoms with Crippen LogP contribution >= 0.6 is 0 Å². The van der Waals surface area contributed by atoms with Crippen molar-refractivity contribution < 1.29 is 4.79 Å². The van der Waals surface area contributed by atoms with Crippen molar-refractivity contribution in [3.05, 3.63) is 70.3 Å². The zero-order valence-electron chi connectivity index (χ0n) is 13.9. The van der Waals surface area contributed by atoms with E-state index in [0.717, 1.165) is 37.2 Å². The molecule has 23 heavy (non-hydrogen) atoms. The van der Waals surface area contributed by atoms with Gasteiger partial charge in [0.2, 0.25) is 0 Å². The summed E-state index contributed by atoms with van der Waals surface area (Å²) in [5.74, 6) is 0.0277. The van der Waals surface area contributed by atoms with Gasteiger partial charge in [-0.25, -0.2) is 0 Å². The number of nitrogens with one attached hydrogen (secondary N) is 1. The van der Waals surface area contributed by atoms with E-state index in [0.29, 0.717) is 6.54 Å². The minimum Gasteiger partial charge on any atom is -0.351 e. The van der Waals surface area contributed by atoms with Crippen LogP contribution < -0.4 is 5.32 Å². The molecule has 0 bridgehead atoms. The van der Waals surface area contributed by atoms with E-state index in [1.165, 1.54) is 16.7 Å². The molecule has 0 aliphatic carbocycles. The third-order valence-corrected chi connectivity index (χ3v) is 4.55. The zero-order chi connectivity index (χ0) is 16.2. The lowest BCUT2D eigenvalue weighted by Gasteiger charge is -2.28. The highest BCUT2D eigenvalue weighted by atomic mass is 16.1. The van der Waals surface area contributed by atoms with Crippen molar-refractivity contribution in [2.45, 2.75) is 26.8 Å². The first kappa shape index (κ1) is 15.8. The van der Waals surface area contributed by atoms with Crippen molar-refractivity contribution >= 4 is 5.91 Å². The van der Waals surface area contributed by atoms with Crippen LogP contribution in [0.1, 0.15) is 32.6 Å². The fourth-order valence-corrected chi connectivity index (χ4v) is 3.24. The summed E-state index contributed by atoms with van der Waals surface area (Å²) >= 11 is 0. The molecule has 1 N–H and O–H groups in total. The molecule has 1 aliphatic heterocycles. The number of fused-ring (bicyclic) bond motifs is 1. The molecule has 1 amide bonds. The second-order valence-corrected chi connectivity index (χ2v) is 6.37. The number of benzene rings is 2. The predicted octanol–water partition coefficient (Wildman–Crippen LogP) is 3.09. The first-order valence-electron chi connectivity index (χ1n) is 8.28. The Morgan fingerprint density at radius 2 is 1.91 bits per heavy atom. The number of carbonyl (C=O) groups is 1. The Hall–Kier alpha value is -2.13. The maximum absolute atomic E-state index is 12.3. The van der Waals surface area contributed by atoms with Crippen molar-refractivity contribution in [1.29, 1.82) is 0 Å². The molecule has 0 saturated carbocycles. The molecular formula is C20H24N2O. The number of rotatable bonds is 4. The highest BCUT2D eigenvalue weighted by Crippen LogP contribution is 2.17. The first-order chi connectivity index (χ1) is 11.1. The molecule has 0 fully saturated rings. The maximum Gasteiger partial charge on any atom is 0.251 e. The lowest BCUT2D eigenvalue weighted by atomic mass is 10.00. The largest absolute Gasteiger partial charge is 0.351 e. The molecule has 1 heterocycles.